The second-order valence-electron chi connectivity index (χ2n) is 6.13. The maximum atomic E-state index is 12.6. The van der Waals surface area contributed by atoms with Gasteiger partial charge in [0.15, 0.2) is 0 Å². The Labute approximate surface area is 163 Å². The number of carbonyl (C=O) groups excluding carboxylic acids is 1. The molecule has 0 aliphatic carbocycles. The summed E-state index contributed by atoms with van der Waals surface area (Å²) in [7, 11) is -3.70. The molecule has 140 valence electrons. The molecule has 1 amide bonds. The van der Waals surface area contributed by atoms with E-state index in [1.165, 1.54) is 23.5 Å². The van der Waals surface area contributed by atoms with Gasteiger partial charge in [-0.3, -0.25) is 4.79 Å². The summed E-state index contributed by atoms with van der Waals surface area (Å²) in [6.07, 6.45) is 0. The van der Waals surface area contributed by atoms with Crippen molar-refractivity contribution in [2.75, 3.05) is 5.32 Å². The molecule has 3 rings (SSSR count). The third-order valence-electron chi connectivity index (χ3n) is 4.28. The van der Waals surface area contributed by atoms with Crippen LogP contribution in [-0.4, -0.2) is 14.3 Å². The van der Waals surface area contributed by atoms with E-state index in [9.17, 15) is 13.2 Å². The molecule has 0 aliphatic heterocycles. The molecule has 0 aliphatic rings. The number of thiophene rings is 1. The minimum Gasteiger partial charge on any atom is -0.322 e. The summed E-state index contributed by atoms with van der Waals surface area (Å²) < 4.78 is 27.6. The summed E-state index contributed by atoms with van der Waals surface area (Å²) in [5.41, 5.74) is 3.05. The van der Waals surface area contributed by atoms with Gasteiger partial charge in [-0.2, -0.15) is 0 Å². The molecule has 0 saturated heterocycles. The average molecular weight is 401 g/mol. The number of hydrogen-bond acceptors (Lipinski definition) is 4. The van der Waals surface area contributed by atoms with Crippen LogP contribution in [0.3, 0.4) is 0 Å². The van der Waals surface area contributed by atoms with Gasteiger partial charge < -0.3 is 5.32 Å². The summed E-state index contributed by atoms with van der Waals surface area (Å²) in [4.78, 5) is 13.6. The van der Waals surface area contributed by atoms with Crippen molar-refractivity contribution in [3.8, 4) is 0 Å². The molecule has 5 nitrogen and oxygen atoms in total. The van der Waals surface area contributed by atoms with Crippen LogP contribution in [0.2, 0.25) is 0 Å². The predicted molar refractivity (Wildman–Crippen MR) is 109 cm³/mol. The van der Waals surface area contributed by atoms with Crippen LogP contribution in [-0.2, 0) is 16.6 Å². The zero-order chi connectivity index (χ0) is 19.4. The minimum absolute atomic E-state index is 0.0627. The van der Waals surface area contributed by atoms with Crippen LogP contribution in [0.4, 0.5) is 5.69 Å². The molecule has 0 saturated carbocycles. The minimum atomic E-state index is -3.70. The van der Waals surface area contributed by atoms with E-state index in [2.05, 4.69) is 10.0 Å². The number of benzene rings is 2. The Bertz CT molecular complexity index is 1060. The maximum absolute atomic E-state index is 12.6. The molecule has 1 aromatic heterocycles. The van der Waals surface area contributed by atoms with Gasteiger partial charge in [-0.25, -0.2) is 13.1 Å². The second kappa shape index (κ2) is 8.04. The van der Waals surface area contributed by atoms with Crippen molar-refractivity contribution in [1.29, 1.82) is 0 Å². The number of carbonyl (C=O) groups is 1. The molecule has 1 heterocycles. The van der Waals surface area contributed by atoms with E-state index in [0.29, 0.717) is 5.69 Å². The number of anilines is 1. The van der Waals surface area contributed by atoms with Gasteiger partial charge in [-0.05, 0) is 60.7 Å². The lowest BCUT2D eigenvalue weighted by molar-refractivity contribution is 0.102. The number of hydrogen-bond donors (Lipinski definition) is 2. The first-order chi connectivity index (χ1) is 12.9. The summed E-state index contributed by atoms with van der Waals surface area (Å²) in [5.74, 6) is -0.348. The quantitative estimate of drug-likeness (QED) is 0.654. The predicted octanol–water partition coefficient (Wildman–Crippen LogP) is 4.10. The number of aryl methyl sites for hydroxylation is 1. The first-order valence-corrected chi connectivity index (χ1v) is 10.7. The standard InChI is InChI=1S/C20H20N2O3S2/c1-14-6-3-10-19(15(14)2)22-20(23)16-7-4-9-18(12-16)27(24,25)21-13-17-8-5-11-26-17/h3-12,21H,13H2,1-2H3,(H,22,23). The van der Waals surface area contributed by atoms with Crippen molar-refractivity contribution in [2.45, 2.75) is 25.3 Å². The van der Waals surface area contributed by atoms with Crippen LogP contribution >= 0.6 is 11.3 Å². The van der Waals surface area contributed by atoms with Gasteiger partial charge in [-0.1, -0.05) is 24.3 Å². The number of sulfonamides is 1. The molecule has 7 heteroatoms. The van der Waals surface area contributed by atoms with Crippen LogP contribution in [0.1, 0.15) is 26.4 Å². The van der Waals surface area contributed by atoms with Crippen LogP contribution in [0.5, 0.6) is 0 Å². The van der Waals surface area contributed by atoms with E-state index >= 15 is 0 Å². The van der Waals surface area contributed by atoms with E-state index in [0.717, 1.165) is 16.0 Å². The lowest BCUT2D eigenvalue weighted by Gasteiger charge is -2.11. The van der Waals surface area contributed by atoms with E-state index in [1.807, 2.05) is 49.6 Å². The number of nitrogens with one attached hydrogen (secondary N) is 2. The fourth-order valence-electron chi connectivity index (χ4n) is 2.55. The highest BCUT2D eigenvalue weighted by molar-refractivity contribution is 7.89. The SMILES string of the molecule is Cc1cccc(NC(=O)c2cccc(S(=O)(=O)NCc3cccs3)c2)c1C. The van der Waals surface area contributed by atoms with Crippen molar-refractivity contribution in [3.05, 3.63) is 81.5 Å². The Morgan fingerprint density at radius 2 is 1.81 bits per heavy atom. The summed E-state index contributed by atoms with van der Waals surface area (Å²) in [6.45, 7) is 4.12. The average Bonchev–Trinajstić information content (AvgIpc) is 3.18. The van der Waals surface area contributed by atoms with Crippen LogP contribution in [0.15, 0.2) is 64.9 Å². The molecule has 0 spiro atoms. The second-order valence-corrected chi connectivity index (χ2v) is 8.93. The lowest BCUT2D eigenvalue weighted by atomic mass is 10.1. The molecule has 27 heavy (non-hydrogen) atoms. The molecule has 0 fully saturated rings. The Kier molecular flexibility index (Phi) is 5.74. The van der Waals surface area contributed by atoms with E-state index in [1.54, 1.807) is 12.1 Å². The highest BCUT2D eigenvalue weighted by atomic mass is 32.2. The van der Waals surface area contributed by atoms with Crippen LogP contribution in [0.25, 0.3) is 0 Å². The molecular formula is C20H20N2O3S2. The van der Waals surface area contributed by atoms with Crippen molar-refractivity contribution < 1.29 is 13.2 Å². The van der Waals surface area contributed by atoms with Gasteiger partial charge in [0.2, 0.25) is 10.0 Å². The van der Waals surface area contributed by atoms with E-state index in [-0.39, 0.29) is 22.9 Å². The Morgan fingerprint density at radius 3 is 2.56 bits per heavy atom. The summed E-state index contributed by atoms with van der Waals surface area (Å²) >= 11 is 1.48. The largest absolute Gasteiger partial charge is 0.322 e. The molecule has 0 atom stereocenters. The highest BCUT2D eigenvalue weighted by Crippen LogP contribution is 2.20. The molecule has 2 aromatic carbocycles. The monoisotopic (exact) mass is 400 g/mol. The van der Waals surface area contributed by atoms with Crippen LogP contribution < -0.4 is 10.0 Å². The number of rotatable bonds is 6. The zero-order valence-corrected chi connectivity index (χ0v) is 16.7. The van der Waals surface area contributed by atoms with Gasteiger partial charge in [0.05, 0.1) is 4.90 Å². The van der Waals surface area contributed by atoms with E-state index in [4.69, 9.17) is 0 Å². The first-order valence-electron chi connectivity index (χ1n) is 8.36. The smallest absolute Gasteiger partial charge is 0.255 e. The van der Waals surface area contributed by atoms with Crippen molar-refractivity contribution in [3.63, 3.8) is 0 Å². The lowest BCUT2D eigenvalue weighted by Crippen LogP contribution is -2.23. The topological polar surface area (TPSA) is 75.3 Å². The van der Waals surface area contributed by atoms with Gasteiger partial charge in [0.25, 0.3) is 5.91 Å². The van der Waals surface area contributed by atoms with Crippen molar-refractivity contribution >= 4 is 33.0 Å². The molecule has 3 aromatic rings. The third kappa shape index (κ3) is 4.63. The molecule has 2 N–H and O–H groups in total. The van der Waals surface area contributed by atoms with Gasteiger partial charge in [-0.15, -0.1) is 11.3 Å². The molecule has 0 bridgehead atoms. The molecular weight excluding hydrogens is 380 g/mol. The van der Waals surface area contributed by atoms with E-state index < -0.39 is 10.0 Å². The number of amides is 1. The van der Waals surface area contributed by atoms with Crippen molar-refractivity contribution in [1.82, 2.24) is 4.72 Å². The van der Waals surface area contributed by atoms with Gasteiger partial charge in [0.1, 0.15) is 0 Å². The fraction of sp³-hybridized carbons (Fsp3) is 0.150. The fourth-order valence-corrected chi connectivity index (χ4v) is 4.34. The zero-order valence-electron chi connectivity index (χ0n) is 15.0. The highest BCUT2D eigenvalue weighted by Gasteiger charge is 2.17. The molecule has 0 radical (unpaired) electrons. The molecule has 0 unspecified atom stereocenters. The summed E-state index contributed by atoms with van der Waals surface area (Å²) in [5, 5.41) is 4.74. The maximum Gasteiger partial charge on any atom is 0.255 e. The Morgan fingerprint density at radius 1 is 1.04 bits per heavy atom. The van der Waals surface area contributed by atoms with Crippen LogP contribution in [0, 0.1) is 13.8 Å². The normalized spacial score (nSPS) is 11.3. The summed E-state index contributed by atoms with van der Waals surface area (Å²) in [6, 6.07) is 15.4. The van der Waals surface area contributed by atoms with Crippen molar-refractivity contribution in [2.24, 2.45) is 0 Å². The first kappa shape index (κ1) is 19.3. The Hall–Kier alpha value is -2.48. The van der Waals surface area contributed by atoms with Gasteiger partial charge in [0, 0.05) is 22.7 Å². The van der Waals surface area contributed by atoms with Gasteiger partial charge >= 0.3 is 0 Å². The third-order valence-corrected chi connectivity index (χ3v) is 6.55. The Balaban J connectivity index is 1.78.